The summed E-state index contributed by atoms with van der Waals surface area (Å²) in [5.41, 5.74) is 5.34. The van der Waals surface area contributed by atoms with Gasteiger partial charge in [-0.1, -0.05) is 0 Å². The molecule has 0 aromatic carbocycles. The maximum absolute atomic E-state index is 11.8. The maximum Gasteiger partial charge on any atom is 0.234 e. The number of rotatable bonds is 2. The van der Waals surface area contributed by atoms with Crippen molar-refractivity contribution >= 4 is 17.7 Å². The highest BCUT2D eigenvalue weighted by Crippen LogP contribution is 2.32. The Morgan fingerprint density at radius 2 is 2.00 bits per heavy atom. The van der Waals surface area contributed by atoms with Crippen LogP contribution in [0.5, 0.6) is 0 Å². The topological polar surface area (TPSA) is 83.7 Å². The van der Waals surface area contributed by atoms with E-state index in [0.29, 0.717) is 32.5 Å². The molecule has 0 unspecified atom stereocenters. The van der Waals surface area contributed by atoms with Crippen molar-refractivity contribution in [2.24, 2.45) is 17.6 Å². The Balaban J connectivity index is 2.07. The van der Waals surface area contributed by atoms with Gasteiger partial charge in [0.15, 0.2) is 0 Å². The maximum atomic E-state index is 11.8. The lowest BCUT2D eigenvalue weighted by atomic mass is 9.87. The molecule has 2 fully saturated rings. The van der Waals surface area contributed by atoms with Crippen molar-refractivity contribution in [2.45, 2.75) is 12.8 Å². The molecule has 0 aromatic heterocycles. The third-order valence-electron chi connectivity index (χ3n) is 3.62. The van der Waals surface area contributed by atoms with E-state index in [-0.39, 0.29) is 29.6 Å². The molecule has 6 heteroatoms. The number of amides is 3. The van der Waals surface area contributed by atoms with E-state index in [1.165, 1.54) is 11.9 Å². The monoisotopic (exact) mass is 239 g/mol. The van der Waals surface area contributed by atoms with Crippen molar-refractivity contribution in [1.82, 2.24) is 9.80 Å². The Kier molecular flexibility index (Phi) is 3.15. The molecular weight excluding hydrogens is 222 g/mol. The summed E-state index contributed by atoms with van der Waals surface area (Å²) < 4.78 is 0. The highest BCUT2D eigenvalue weighted by atomic mass is 16.2. The fraction of sp³-hybridized carbons (Fsp3) is 0.727. The van der Waals surface area contributed by atoms with Gasteiger partial charge in [-0.3, -0.25) is 19.3 Å². The summed E-state index contributed by atoms with van der Waals surface area (Å²) in [5, 5.41) is 0. The molecule has 2 saturated heterocycles. The predicted molar refractivity (Wildman–Crippen MR) is 59.6 cm³/mol. The molecule has 0 spiro atoms. The molecule has 0 radical (unpaired) electrons. The molecule has 0 bridgehead atoms. The molecule has 2 atom stereocenters. The van der Waals surface area contributed by atoms with Gasteiger partial charge < -0.3 is 10.6 Å². The number of nitrogens with two attached hydrogens (primary N) is 1. The van der Waals surface area contributed by atoms with E-state index in [4.69, 9.17) is 5.73 Å². The van der Waals surface area contributed by atoms with Crippen LogP contribution in [0.15, 0.2) is 0 Å². The second-order valence-corrected chi connectivity index (χ2v) is 4.62. The minimum atomic E-state index is -0.344. The van der Waals surface area contributed by atoms with E-state index in [2.05, 4.69) is 0 Å². The lowest BCUT2D eigenvalue weighted by molar-refractivity contribution is -0.138. The van der Waals surface area contributed by atoms with Crippen LogP contribution in [0.25, 0.3) is 0 Å². The third-order valence-corrected chi connectivity index (χ3v) is 3.62. The number of likely N-dealkylation sites (tertiary alicyclic amines) is 2. The van der Waals surface area contributed by atoms with E-state index >= 15 is 0 Å². The minimum absolute atomic E-state index is 0.0271. The number of piperidine rings is 1. The SMILES string of the molecule is CN1C(=O)[C@H]2CN(C(=O)CCN)CC[C@H]2C1=O. The average molecular weight is 239 g/mol. The number of nitrogens with zero attached hydrogens (tertiary/aromatic N) is 2. The normalized spacial score (nSPS) is 28.6. The molecular formula is C11H17N3O3. The first-order valence-corrected chi connectivity index (χ1v) is 5.85. The van der Waals surface area contributed by atoms with Crippen LogP contribution in [0.1, 0.15) is 12.8 Å². The van der Waals surface area contributed by atoms with Crippen molar-refractivity contribution in [3.63, 3.8) is 0 Å². The van der Waals surface area contributed by atoms with Crippen LogP contribution in [-0.4, -0.2) is 54.2 Å². The summed E-state index contributed by atoms with van der Waals surface area (Å²) in [6.45, 7) is 1.22. The van der Waals surface area contributed by atoms with Gasteiger partial charge in [0.05, 0.1) is 11.8 Å². The molecule has 0 saturated carbocycles. The van der Waals surface area contributed by atoms with Gasteiger partial charge in [0.25, 0.3) is 0 Å². The van der Waals surface area contributed by atoms with Crippen molar-refractivity contribution < 1.29 is 14.4 Å². The summed E-state index contributed by atoms with van der Waals surface area (Å²) in [6.07, 6.45) is 0.880. The molecule has 6 nitrogen and oxygen atoms in total. The Morgan fingerprint density at radius 1 is 1.35 bits per heavy atom. The largest absolute Gasteiger partial charge is 0.342 e. The lowest BCUT2D eigenvalue weighted by Gasteiger charge is -2.32. The summed E-state index contributed by atoms with van der Waals surface area (Å²) in [4.78, 5) is 38.1. The summed E-state index contributed by atoms with van der Waals surface area (Å²) in [6, 6.07) is 0. The molecule has 0 aliphatic carbocycles. The van der Waals surface area contributed by atoms with Crippen LogP contribution < -0.4 is 5.73 Å². The molecule has 0 aromatic rings. The zero-order valence-corrected chi connectivity index (χ0v) is 9.89. The summed E-state index contributed by atoms with van der Waals surface area (Å²) >= 11 is 0. The van der Waals surface area contributed by atoms with Gasteiger partial charge in [-0.15, -0.1) is 0 Å². The van der Waals surface area contributed by atoms with Gasteiger partial charge in [-0.05, 0) is 6.42 Å². The molecule has 2 rings (SSSR count). The van der Waals surface area contributed by atoms with Crippen LogP contribution in [-0.2, 0) is 14.4 Å². The Hall–Kier alpha value is -1.43. The van der Waals surface area contributed by atoms with E-state index in [0.717, 1.165) is 0 Å². The van der Waals surface area contributed by atoms with Crippen LogP contribution in [0.4, 0.5) is 0 Å². The number of hydrogen-bond donors (Lipinski definition) is 1. The Morgan fingerprint density at radius 3 is 2.65 bits per heavy atom. The van der Waals surface area contributed by atoms with Crippen molar-refractivity contribution in [1.29, 1.82) is 0 Å². The van der Waals surface area contributed by atoms with Crippen LogP contribution in [0.3, 0.4) is 0 Å². The van der Waals surface area contributed by atoms with E-state index < -0.39 is 0 Å². The van der Waals surface area contributed by atoms with Gasteiger partial charge in [0.1, 0.15) is 0 Å². The second kappa shape index (κ2) is 4.44. The molecule has 2 aliphatic rings. The van der Waals surface area contributed by atoms with E-state index in [1.807, 2.05) is 0 Å². The first-order valence-electron chi connectivity index (χ1n) is 5.85. The quantitative estimate of drug-likeness (QED) is 0.613. The molecule has 2 N–H and O–H groups in total. The van der Waals surface area contributed by atoms with Crippen LogP contribution in [0, 0.1) is 11.8 Å². The van der Waals surface area contributed by atoms with Crippen molar-refractivity contribution in [3.8, 4) is 0 Å². The first-order chi connectivity index (χ1) is 8.06. The number of carbonyl (C=O) groups is 3. The zero-order chi connectivity index (χ0) is 12.6. The highest BCUT2D eigenvalue weighted by molar-refractivity contribution is 6.05. The summed E-state index contributed by atoms with van der Waals surface area (Å²) in [5.74, 6) is -0.866. The van der Waals surface area contributed by atoms with Crippen LogP contribution in [0.2, 0.25) is 0 Å². The lowest BCUT2D eigenvalue weighted by Crippen LogP contribution is -2.45. The number of carbonyl (C=O) groups excluding carboxylic acids is 3. The predicted octanol–water partition coefficient (Wildman–Crippen LogP) is -1.20. The first kappa shape index (κ1) is 12.0. The Bertz CT molecular complexity index is 369. The number of fused-ring (bicyclic) bond motifs is 1. The fourth-order valence-electron chi connectivity index (χ4n) is 2.61. The standard InChI is InChI=1S/C11H17N3O3/c1-13-10(16)7-3-5-14(9(15)2-4-12)6-8(7)11(13)17/h7-8H,2-6,12H2,1H3/t7-,8+/m1/s1. The molecule has 94 valence electrons. The van der Waals surface area contributed by atoms with Gasteiger partial charge in [-0.2, -0.15) is 0 Å². The number of imide groups is 1. The average Bonchev–Trinajstić information content (AvgIpc) is 2.55. The van der Waals surface area contributed by atoms with E-state index in [1.54, 1.807) is 4.90 Å². The minimum Gasteiger partial charge on any atom is -0.342 e. The smallest absolute Gasteiger partial charge is 0.234 e. The molecule has 3 amide bonds. The van der Waals surface area contributed by atoms with Crippen LogP contribution >= 0.6 is 0 Å². The third kappa shape index (κ3) is 1.93. The summed E-state index contributed by atoms with van der Waals surface area (Å²) in [7, 11) is 1.51. The molecule has 2 aliphatic heterocycles. The van der Waals surface area contributed by atoms with Gasteiger partial charge in [-0.25, -0.2) is 0 Å². The van der Waals surface area contributed by atoms with Crippen molar-refractivity contribution in [2.75, 3.05) is 26.7 Å². The van der Waals surface area contributed by atoms with Gasteiger partial charge >= 0.3 is 0 Å². The molecule has 17 heavy (non-hydrogen) atoms. The second-order valence-electron chi connectivity index (χ2n) is 4.62. The Labute approximate surface area is 99.7 Å². The number of hydrogen-bond acceptors (Lipinski definition) is 4. The van der Waals surface area contributed by atoms with E-state index in [9.17, 15) is 14.4 Å². The highest BCUT2D eigenvalue weighted by Gasteiger charge is 2.48. The zero-order valence-electron chi connectivity index (χ0n) is 9.89. The molecule has 2 heterocycles. The van der Waals surface area contributed by atoms with Crippen molar-refractivity contribution in [3.05, 3.63) is 0 Å². The fourth-order valence-corrected chi connectivity index (χ4v) is 2.61. The van der Waals surface area contributed by atoms with Gasteiger partial charge in [0, 0.05) is 33.1 Å². The van der Waals surface area contributed by atoms with Gasteiger partial charge in [0.2, 0.25) is 17.7 Å².